The van der Waals surface area contributed by atoms with Crippen molar-refractivity contribution in [2.24, 2.45) is 0 Å². The number of amides is 1. The van der Waals surface area contributed by atoms with E-state index in [1.165, 1.54) is 0 Å². The van der Waals surface area contributed by atoms with E-state index in [9.17, 15) is 9.59 Å². The number of carbonyl (C=O) groups excluding carboxylic acids is 1. The zero-order chi connectivity index (χ0) is 12.8. The highest BCUT2D eigenvalue weighted by Gasteiger charge is 2.42. The molecule has 0 aliphatic heterocycles. The Kier molecular flexibility index (Phi) is 5.37. The second-order valence-corrected chi connectivity index (χ2v) is 4.00. The maximum atomic E-state index is 11.4. The minimum Gasteiger partial charge on any atom is -0.481 e. The Balaban J connectivity index is 2.28. The lowest BCUT2D eigenvalue weighted by Crippen LogP contribution is -2.61. The van der Waals surface area contributed by atoms with E-state index in [1.807, 2.05) is 6.92 Å². The van der Waals surface area contributed by atoms with Gasteiger partial charge in [0.15, 0.2) is 0 Å². The molecule has 0 aromatic heterocycles. The second kappa shape index (κ2) is 6.56. The summed E-state index contributed by atoms with van der Waals surface area (Å²) in [6, 6.07) is -0.0714. The Hall–Kier alpha value is -1.14. The molecule has 0 spiro atoms. The zero-order valence-electron chi connectivity index (χ0n) is 10.1. The second-order valence-electron chi connectivity index (χ2n) is 4.00. The maximum absolute atomic E-state index is 11.4. The number of carboxylic acids is 1. The summed E-state index contributed by atoms with van der Waals surface area (Å²) >= 11 is 0. The van der Waals surface area contributed by atoms with Crippen LogP contribution in [0.5, 0.6) is 0 Å². The summed E-state index contributed by atoms with van der Waals surface area (Å²) in [4.78, 5) is 21.7. The number of ether oxygens (including phenoxy) is 2. The SMILES string of the molecule is CCOC1CC(NC(=O)CCC(=O)O)C1OC. The van der Waals surface area contributed by atoms with Gasteiger partial charge < -0.3 is 19.9 Å². The molecule has 6 heteroatoms. The van der Waals surface area contributed by atoms with E-state index in [4.69, 9.17) is 14.6 Å². The fraction of sp³-hybridized carbons (Fsp3) is 0.818. The minimum absolute atomic E-state index is 0.00156. The van der Waals surface area contributed by atoms with Gasteiger partial charge in [0.2, 0.25) is 5.91 Å². The lowest BCUT2D eigenvalue weighted by atomic mass is 9.85. The average Bonchev–Trinajstić information content (AvgIpc) is 2.25. The van der Waals surface area contributed by atoms with Gasteiger partial charge in [-0.25, -0.2) is 0 Å². The number of carbonyl (C=O) groups is 2. The van der Waals surface area contributed by atoms with E-state index < -0.39 is 5.97 Å². The molecule has 0 saturated heterocycles. The van der Waals surface area contributed by atoms with Crippen LogP contribution in [0.3, 0.4) is 0 Å². The van der Waals surface area contributed by atoms with Gasteiger partial charge in [0.05, 0.1) is 18.6 Å². The van der Waals surface area contributed by atoms with Crippen molar-refractivity contribution in [3.63, 3.8) is 0 Å². The van der Waals surface area contributed by atoms with Crippen molar-refractivity contribution in [3.8, 4) is 0 Å². The quantitative estimate of drug-likeness (QED) is 0.667. The van der Waals surface area contributed by atoms with Crippen LogP contribution in [-0.4, -0.2) is 48.9 Å². The van der Waals surface area contributed by atoms with E-state index in [1.54, 1.807) is 7.11 Å². The fourth-order valence-corrected chi connectivity index (χ4v) is 1.92. The molecule has 98 valence electrons. The van der Waals surface area contributed by atoms with E-state index in [2.05, 4.69) is 5.32 Å². The van der Waals surface area contributed by atoms with E-state index in [-0.39, 0.29) is 37.0 Å². The Morgan fingerprint density at radius 3 is 2.65 bits per heavy atom. The third-order valence-corrected chi connectivity index (χ3v) is 2.81. The topological polar surface area (TPSA) is 84.9 Å². The van der Waals surface area contributed by atoms with Gasteiger partial charge in [-0.2, -0.15) is 0 Å². The van der Waals surface area contributed by atoms with E-state index >= 15 is 0 Å². The summed E-state index contributed by atoms with van der Waals surface area (Å²) in [5, 5.41) is 11.2. The molecule has 0 radical (unpaired) electrons. The van der Waals surface area contributed by atoms with Gasteiger partial charge in [0.1, 0.15) is 6.10 Å². The predicted molar refractivity (Wildman–Crippen MR) is 59.6 cm³/mol. The summed E-state index contributed by atoms with van der Waals surface area (Å²) in [6.07, 6.45) is 0.455. The first-order valence-electron chi connectivity index (χ1n) is 5.74. The number of rotatable bonds is 7. The Labute approximate surface area is 100 Å². The van der Waals surface area contributed by atoms with Crippen molar-refractivity contribution in [2.45, 2.75) is 44.4 Å². The van der Waals surface area contributed by atoms with Crippen LogP contribution in [0.15, 0.2) is 0 Å². The van der Waals surface area contributed by atoms with Gasteiger partial charge in [-0.1, -0.05) is 0 Å². The van der Waals surface area contributed by atoms with Gasteiger partial charge in [-0.3, -0.25) is 9.59 Å². The Morgan fingerprint density at radius 1 is 1.41 bits per heavy atom. The molecule has 3 unspecified atom stereocenters. The van der Waals surface area contributed by atoms with Gasteiger partial charge >= 0.3 is 5.97 Å². The first kappa shape index (κ1) is 13.9. The van der Waals surface area contributed by atoms with Crippen LogP contribution in [0.25, 0.3) is 0 Å². The molecule has 1 aliphatic rings. The standard InChI is InChI=1S/C11H19NO5/c1-3-17-8-6-7(11(8)16-2)12-9(13)4-5-10(14)15/h7-8,11H,3-6H2,1-2H3,(H,12,13)(H,14,15). The van der Waals surface area contributed by atoms with Crippen molar-refractivity contribution in [3.05, 3.63) is 0 Å². The van der Waals surface area contributed by atoms with E-state index in [0.29, 0.717) is 13.0 Å². The van der Waals surface area contributed by atoms with E-state index in [0.717, 1.165) is 0 Å². The molecular formula is C11H19NO5. The maximum Gasteiger partial charge on any atom is 0.303 e. The highest BCUT2D eigenvalue weighted by atomic mass is 16.5. The summed E-state index contributed by atoms with van der Waals surface area (Å²) < 4.78 is 10.7. The molecule has 0 bridgehead atoms. The van der Waals surface area contributed by atoms with Crippen LogP contribution in [0, 0.1) is 0 Å². The Bertz CT molecular complexity index is 281. The zero-order valence-corrected chi connectivity index (χ0v) is 10.1. The Morgan fingerprint density at radius 2 is 2.12 bits per heavy atom. The number of carboxylic acid groups (broad SMARTS) is 1. The molecule has 1 rings (SSSR count). The molecule has 6 nitrogen and oxygen atoms in total. The van der Waals surface area contributed by atoms with Gasteiger partial charge in [-0.05, 0) is 13.3 Å². The van der Waals surface area contributed by atoms with Crippen molar-refractivity contribution >= 4 is 11.9 Å². The third kappa shape index (κ3) is 3.98. The first-order valence-corrected chi connectivity index (χ1v) is 5.74. The van der Waals surface area contributed by atoms with Crippen molar-refractivity contribution in [1.29, 1.82) is 0 Å². The van der Waals surface area contributed by atoms with Crippen molar-refractivity contribution < 1.29 is 24.2 Å². The van der Waals surface area contributed by atoms with Crippen molar-refractivity contribution in [1.82, 2.24) is 5.32 Å². The number of methoxy groups -OCH3 is 1. The van der Waals surface area contributed by atoms with Crippen LogP contribution < -0.4 is 5.32 Å². The monoisotopic (exact) mass is 245 g/mol. The largest absolute Gasteiger partial charge is 0.481 e. The predicted octanol–water partition coefficient (Wildman–Crippen LogP) is 0.160. The van der Waals surface area contributed by atoms with Crippen LogP contribution in [0.2, 0.25) is 0 Å². The molecule has 2 N–H and O–H groups in total. The van der Waals surface area contributed by atoms with Crippen LogP contribution in [0.1, 0.15) is 26.2 Å². The highest BCUT2D eigenvalue weighted by Crippen LogP contribution is 2.26. The number of aliphatic carboxylic acids is 1. The average molecular weight is 245 g/mol. The van der Waals surface area contributed by atoms with Gasteiger partial charge in [-0.15, -0.1) is 0 Å². The van der Waals surface area contributed by atoms with Crippen LogP contribution in [0.4, 0.5) is 0 Å². The molecular weight excluding hydrogens is 226 g/mol. The molecule has 17 heavy (non-hydrogen) atoms. The molecule has 1 aliphatic carbocycles. The lowest BCUT2D eigenvalue weighted by molar-refractivity contribution is -0.145. The molecule has 0 aromatic rings. The summed E-state index contributed by atoms with van der Waals surface area (Å²) in [7, 11) is 1.58. The normalized spacial score (nSPS) is 27.3. The molecule has 0 aromatic carbocycles. The number of hydrogen-bond donors (Lipinski definition) is 2. The molecule has 0 heterocycles. The van der Waals surface area contributed by atoms with Gasteiger partial charge in [0, 0.05) is 20.1 Å². The molecule has 1 amide bonds. The summed E-state index contributed by atoms with van der Waals surface area (Å²) in [5.41, 5.74) is 0. The highest BCUT2D eigenvalue weighted by molar-refractivity contribution is 5.80. The summed E-state index contributed by atoms with van der Waals surface area (Å²) in [5.74, 6) is -1.22. The smallest absolute Gasteiger partial charge is 0.303 e. The molecule has 1 saturated carbocycles. The lowest BCUT2D eigenvalue weighted by Gasteiger charge is -2.43. The summed E-state index contributed by atoms with van der Waals surface area (Å²) in [6.45, 7) is 2.52. The first-order chi connectivity index (χ1) is 8.08. The van der Waals surface area contributed by atoms with Gasteiger partial charge in [0.25, 0.3) is 0 Å². The number of nitrogens with one attached hydrogen (secondary N) is 1. The fourth-order valence-electron chi connectivity index (χ4n) is 1.92. The van der Waals surface area contributed by atoms with Crippen molar-refractivity contribution in [2.75, 3.05) is 13.7 Å². The minimum atomic E-state index is -0.968. The van der Waals surface area contributed by atoms with Crippen LogP contribution >= 0.6 is 0 Å². The molecule has 1 fully saturated rings. The number of hydrogen-bond acceptors (Lipinski definition) is 4. The van der Waals surface area contributed by atoms with Crippen LogP contribution in [-0.2, 0) is 19.1 Å². The third-order valence-electron chi connectivity index (χ3n) is 2.81. The molecule has 3 atom stereocenters.